The summed E-state index contributed by atoms with van der Waals surface area (Å²) in [6, 6.07) is 0.575. The molecule has 0 spiro atoms. The van der Waals surface area contributed by atoms with Gasteiger partial charge in [-0.25, -0.2) is 0 Å². The van der Waals surface area contributed by atoms with Crippen LogP contribution in [0.1, 0.15) is 30.9 Å². The van der Waals surface area contributed by atoms with E-state index in [-0.39, 0.29) is 0 Å². The van der Waals surface area contributed by atoms with Gasteiger partial charge in [-0.1, -0.05) is 0 Å². The maximum atomic E-state index is 5.10. The second kappa shape index (κ2) is 5.46. The van der Waals surface area contributed by atoms with Crippen LogP contribution >= 0.6 is 0 Å². The third-order valence-corrected chi connectivity index (χ3v) is 3.27. The second-order valence-corrected chi connectivity index (χ2v) is 4.49. The average molecular weight is 223 g/mol. The van der Waals surface area contributed by atoms with Crippen molar-refractivity contribution in [3.63, 3.8) is 0 Å². The summed E-state index contributed by atoms with van der Waals surface area (Å²) in [5.74, 6) is 0. The van der Waals surface area contributed by atoms with E-state index in [1.807, 2.05) is 17.9 Å². The number of hydrogen-bond donors (Lipinski definition) is 0. The molecule has 1 atom stereocenters. The van der Waals surface area contributed by atoms with E-state index in [4.69, 9.17) is 4.74 Å². The van der Waals surface area contributed by atoms with E-state index in [9.17, 15) is 0 Å². The van der Waals surface area contributed by atoms with E-state index >= 15 is 0 Å². The molecule has 0 bridgehead atoms. The van der Waals surface area contributed by atoms with E-state index in [2.05, 4.69) is 16.2 Å². The van der Waals surface area contributed by atoms with Crippen LogP contribution in [0, 0.1) is 0 Å². The van der Waals surface area contributed by atoms with Gasteiger partial charge in [0.2, 0.25) is 0 Å². The standard InChI is InChI=1S/C12H21N3O/c1-14-10-11(9-13-14)12-5-3-6-15(12)7-4-8-16-2/h9-10,12H,3-8H2,1-2H3/t12-/m0/s1. The van der Waals surface area contributed by atoms with Crippen molar-refractivity contribution in [1.29, 1.82) is 0 Å². The molecule has 2 heterocycles. The Bertz CT molecular complexity index is 324. The molecule has 0 aliphatic carbocycles. The lowest BCUT2D eigenvalue weighted by Gasteiger charge is -2.23. The van der Waals surface area contributed by atoms with Crippen LogP contribution in [0.5, 0.6) is 0 Å². The van der Waals surface area contributed by atoms with Crippen LogP contribution in [0.3, 0.4) is 0 Å². The lowest BCUT2D eigenvalue weighted by Crippen LogP contribution is -2.25. The number of aromatic nitrogens is 2. The Kier molecular flexibility index (Phi) is 3.96. The van der Waals surface area contributed by atoms with Crippen molar-refractivity contribution in [3.05, 3.63) is 18.0 Å². The highest BCUT2D eigenvalue weighted by atomic mass is 16.5. The van der Waals surface area contributed by atoms with Crippen LogP contribution < -0.4 is 0 Å². The summed E-state index contributed by atoms with van der Waals surface area (Å²) in [4.78, 5) is 2.55. The Morgan fingerprint density at radius 2 is 2.44 bits per heavy atom. The van der Waals surface area contributed by atoms with Gasteiger partial charge in [-0.15, -0.1) is 0 Å². The number of ether oxygens (including phenoxy) is 1. The fraction of sp³-hybridized carbons (Fsp3) is 0.750. The Morgan fingerprint density at radius 3 is 3.12 bits per heavy atom. The summed E-state index contributed by atoms with van der Waals surface area (Å²) in [7, 11) is 3.75. The molecule has 1 aromatic rings. The van der Waals surface area contributed by atoms with E-state index in [0.29, 0.717) is 6.04 Å². The molecule has 0 saturated carbocycles. The molecule has 1 aliphatic heterocycles. The highest BCUT2D eigenvalue weighted by molar-refractivity contribution is 5.12. The number of nitrogens with zero attached hydrogens (tertiary/aromatic N) is 3. The summed E-state index contributed by atoms with van der Waals surface area (Å²) >= 11 is 0. The third kappa shape index (κ3) is 2.62. The lowest BCUT2D eigenvalue weighted by atomic mass is 10.1. The predicted octanol–water partition coefficient (Wildman–Crippen LogP) is 1.59. The van der Waals surface area contributed by atoms with E-state index < -0.39 is 0 Å². The maximum Gasteiger partial charge on any atom is 0.0537 e. The lowest BCUT2D eigenvalue weighted by molar-refractivity contribution is 0.167. The number of rotatable bonds is 5. The van der Waals surface area contributed by atoms with Crippen molar-refractivity contribution in [3.8, 4) is 0 Å². The molecule has 0 N–H and O–H groups in total. The monoisotopic (exact) mass is 223 g/mol. The van der Waals surface area contributed by atoms with Crippen molar-refractivity contribution in [2.75, 3.05) is 26.8 Å². The largest absolute Gasteiger partial charge is 0.385 e. The Morgan fingerprint density at radius 1 is 1.56 bits per heavy atom. The Labute approximate surface area is 97.2 Å². The summed E-state index contributed by atoms with van der Waals surface area (Å²) in [6.07, 6.45) is 7.82. The second-order valence-electron chi connectivity index (χ2n) is 4.49. The van der Waals surface area contributed by atoms with Gasteiger partial charge in [0.05, 0.1) is 6.20 Å². The van der Waals surface area contributed by atoms with Crippen LogP contribution in [0.15, 0.2) is 12.4 Å². The van der Waals surface area contributed by atoms with Crippen LogP contribution in [0.25, 0.3) is 0 Å². The predicted molar refractivity (Wildman–Crippen MR) is 63.2 cm³/mol. The molecule has 1 aliphatic rings. The van der Waals surface area contributed by atoms with Crippen molar-refractivity contribution in [2.45, 2.75) is 25.3 Å². The first kappa shape index (κ1) is 11.6. The zero-order chi connectivity index (χ0) is 11.4. The quantitative estimate of drug-likeness (QED) is 0.710. The number of aryl methyl sites for hydroxylation is 1. The first-order valence-electron chi connectivity index (χ1n) is 6.03. The summed E-state index contributed by atoms with van der Waals surface area (Å²) in [5.41, 5.74) is 1.36. The molecule has 4 heteroatoms. The van der Waals surface area contributed by atoms with Crippen molar-refractivity contribution in [1.82, 2.24) is 14.7 Å². The van der Waals surface area contributed by atoms with Crippen molar-refractivity contribution >= 4 is 0 Å². The number of likely N-dealkylation sites (tertiary alicyclic amines) is 1. The van der Waals surface area contributed by atoms with Crippen LogP contribution in [0.4, 0.5) is 0 Å². The van der Waals surface area contributed by atoms with Gasteiger partial charge in [-0.3, -0.25) is 9.58 Å². The van der Waals surface area contributed by atoms with Crippen LogP contribution in [0.2, 0.25) is 0 Å². The van der Waals surface area contributed by atoms with Crippen LogP contribution in [-0.4, -0.2) is 41.5 Å². The molecule has 0 amide bonds. The van der Waals surface area contributed by atoms with Gasteiger partial charge in [0.25, 0.3) is 0 Å². The molecule has 90 valence electrons. The Hall–Kier alpha value is -0.870. The fourth-order valence-corrected chi connectivity index (χ4v) is 2.50. The molecule has 16 heavy (non-hydrogen) atoms. The molecule has 1 aromatic heterocycles. The summed E-state index contributed by atoms with van der Waals surface area (Å²) in [5, 5.41) is 4.26. The van der Waals surface area contributed by atoms with E-state index in [1.54, 1.807) is 7.11 Å². The molecule has 0 unspecified atom stereocenters. The average Bonchev–Trinajstić information content (AvgIpc) is 2.87. The molecular formula is C12H21N3O. The summed E-state index contributed by atoms with van der Waals surface area (Å²) < 4.78 is 6.99. The minimum atomic E-state index is 0.575. The fourth-order valence-electron chi connectivity index (χ4n) is 2.50. The van der Waals surface area contributed by atoms with Gasteiger partial charge in [-0.05, 0) is 25.8 Å². The smallest absolute Gasteiger partial charge is 0.0537 e. The third-order valence-electron chi connectivity index (χ3n) is 3.27. The zero-order valence-corrected chi connectivity index (χ0v) is 10.2. The van der Waals surface area contributed by atoms with Crippen LogP contribution in [-0.2, 0) is 11.8 Å². The molecule has 0 radical (unpaired) electrons. The minimum absolute atomic E-state index is 0.575. The first-order chi connectivity index (χ1) is 7.81. The van der Waals surface area contributed by atoms with E-state index in [1.165, 1.54) is 24.9 Å². The highest BCUT2D eigenvalue weighted by Gasteiger charge is 2.26. The molecular weight excluding hydrogens is 202 g/mol. The first-order valence-corrected chi connectivity index (χ1v) is 6.03. The zero-order valence-electron chi connectivity index (χ0n) is 10.2. The minimum Gasteiger partial charge on any atom is -0.385 e. The van der Waals surface area contributed by atoms with Gasteiger partial charge in [0, 0.05) is 45.1 Å². The normalized spacial score (nSPS) is 21.8. The van der Waals surface area contributed by atoms with Gasteiger partial charge >= 0.3 is 0 Å². The molecule has 1 fully saturated rings. The number of hydrogen-bond acceptors (Lipinski definition) is 3. The van der Waals surface area contributed by atoms with Gasteiger partial charge in [-0.2, -0.15) is 5.10 Å². The van der Waals surface area contributed by atoms with Gasteiger partial charge in [0.15, 0.2) is 0 Å². The molecule has 4 nitrogen and oxygen atoms in total. The molecule has 0 aromatic carbocycles. The summed E-state index contributed by atoms with van der Waals surface area (Å²) in [6.45, 7) is 3.20. The SMILES string of the molecule is COCCCN1CCC[C@H]1c1cnn(C)c1. The maximum absolute atomic E-state index is 5.10. The van der Waals surface area contributed by atoms with Gasteiger partial charge in [0.1, 0.15) is 0 Å². The Balaban J connectivity index is 1.92. The topological polar surface area (TPSA) is 30.3 Å². The molecule has 2 rings (SSSR count). The number of methoxy groups -OCH3 is 1. The van der Waals surface area contributed by atoms with Crippen molar-refractivity contribution < 1.29 is 4.74 Å². The van der Waals surface area contributed by atoms with E-state index in [0.717, 1.165) is 19.6 Å². The highest BCUT2D eigenvalue weighted by Crippen LogP contribution is 2.31. The van der Waals surface area contributed by atoms with Gasteiger partial charge < -0.3 is 4.74 Å². The molecule has 1 saturated heterocycles. The van der Waals surface area contributed by atoms with Crippen molar-refractivity contribution in [2.24, 2.45) is 7.05 Å².